The number of benzene rings is 2. The van der Waals surface area contributed by atoms with Gasteiger partial charge in [0.1, 0.15) is 11.6 Å². The van der Waals surface area contributed by atoms with Gasteiger partial charge in [-0.2, -0.15) is 5.10 Å². The Balaban J connectivity index is 1.64. The minimum absolute atomic E-state index is 0.185. The van der Waals surface area contributed by atoms with Gasteiger partial charge in [-0.25, -0.2) is 13.5 Å². The molecule has 0 saturated heterocycles. The van der Waals surface area contributed by atoms with Gasteiger partial charge in [0.15, 0.2) is 18.2 Å². The highest BCUT2D eigenvalue weighted by Gasteiger charge is 2.12. The molecule has 1 heterocycles. The maximum absolute atomic E-state index is 13.5. The second-order valence-electron chi connectivity index (χ2n) is 5.73. The van der Waals surface area contributed by atoms with Gasteiger partial charge in [-0.1, -0.05) is 30.3 Å². The van der Waals surface area contributed by atoms with E-state index in [2.05, 4.69) is 10.4 Å². The van der Waals surface area contributed by atoms with Crippen LogP contribution in [0.5, 0.6) is 5.75 Å². The van der Waals surface area contributed by atoms with E-state index in [9.17, 15) is 13.6 Å². The van der Waals surface area contributed by atoms with E-state index in [1.54, 1.807) is 10.7 Å². The van der Waals surface area contributed by atoms with Crippen LogP contribution in [0.25, 0.3) is 0 Å². The molecule has 26 heavy (non-hydrogen) atoms. The first-order chi connectivity index (χ1) is 12.5. The molecule has 3 rings (SSSR count). The van der Waals surface area contributed by atoms with Crippen molar-refractivity contribution in [2.24, 2.45) is 0 Å². The number of nitrogens with one attached hydrogen (secondary N) is 1. The molecule has 1 aromatic heterocycles. The van der Waals surface area contributed by atoms with Crippen molar-refractivity contribution >= 4 is 11.7 Å². The van der Waals surface area contributed by atoms with Crippen LogP contribution in [0.4, 0.5) is 14.6 Å². The summed E-state index contributed by atoms with van der Waals surface area (Å²) in [6, 6.07) is 14.3. The summed E-state index contributed by atoms with van der Waals surface area (Å²) in [4.78, 5) is 12.1. The molecule has 134 valence electrons. The number of ether oxygens (including phenoxy) is 1. The zero-order chi connectivity index (χ0) is 18.5. The third-order valence-electron chi connectivity index (χ3n) is 3.60. The summed E-state index contributed by atoms with van der Waals surface area (Å²) >= 11 is 0. The summed E-state index contributed by atoms with van der Waals surface area (Å²) in [5.74, 6) is -1.71. The van der Waals surface area contributed by atoms with Gasteiger partial charge >= 0.3 is 0 Å². The Morgan fingerprint density at radius 2 is 1.92 bits per heavy atom. The van der Waals surface area contributed by atoms with E-state index in [4.69, 9.17) is 4.74 Å². The Hall–Kier alpha value is -3.22. The van der Waals surface area contributed by atoms with Crippen LogP contribution in [0.1, 0.15) is 11.3 Å². The Labute approximate surface area is 149 Å². The fourth-order valence-corrected chi connectivity index (χ4v) is 2.44. The van der Waals surface area contributed by atoms with Crippen LogP contribution < -0.4 is 10.1 Å². The van der Waals surface area contributed by atoms with E-state index in [1.165, 1.54) is 0 Å². The molecular formula is C19H17F2N3O2. The summed E-state index contributed by atoms with van der Waals surface area (Å²) in [5, 5.41) is 7.05. The van der Waals surface area contributed by atoms with Crippen LogP contribution in [-0.2, 0) is 11.3 Å². The molecule has 0 spiro atoms. The van der Waals surface area contributed by atoms with Crippen molar-refractivity contribution in [3.63, 3.8) is 0 Å². The summed E-state index contributed by atoms with van der Waals surface area (Å²) < 4.78 is 33.2. The Morgan fingerprint density at radius 1 is 1.15 bits per heavy atom. The molecular weight excluding hydrogens is 340 g/mol. The molecule has 3 aromatic rings. The van der Waals surface area contributed by atoms with Gasteiger partial charge in [0.2, 0.25) is 0 Å². The van der Waals surface area contributed by atoms with Crippen molar-refractivity contribution in [1.29, 1.82) is 0 Å². The van der Waals surface area contributed by atoms with E-state index in [0.29, 0.717) is 18.4 Å². The predicted octanol–water partition coefficient (Wildman–Crippen LogP) is 3.54. The highest BCUT2D eigenvalue weighted by Crippen LogP contribution is 2.18. The van der Waals surface area contributed by atoms with Crippen LogP contribution >= 0.6 is 0 Å². The van der Waals surface area contributed by atoms with Crippen LogP contribution in [-0.4, -0.2) is 22.3 Å². The van der Waals surface area contributed by atoms with E-state index >= 15 is 0 Å². The molecule has 0 fully saturated rings. The normalized spacial score (nSPS) is 10.6. The molecule has 7 heteroatoms. The van der Waals surface area contributed by atoms with Gasteiger partial charge < -0.3 is 10.1 Å². The molecule has 0 unspecified atom stereocenters. The first kappa shape index (κ1) is 17.6. The SMILES string of the molecule is Cc1cc(NC(=O)COc2ccc(F)cc2F)n(Cc2ccccc2)n1. The van der Waals surface area contributed by atoms with Crippen LogP contribution in [0, 0.1) is 18.6 Å². The van der Waals surface area contributed by atoms with Crippen molar-refractivity contribution in [3.8, 4) is 5.75 Å². The number of carbonyl (C=O) groups excluding carboxylic acids is 1. The number of rotatable bonds is 6. The minimum Gasteiger partial charge on any atom is -0.481 e. The monoisotopic (exact) mass is 357 g/mol. The van der Waals surface area contributed by atoms with E-state index in [-0.39, 0.29) is 5.75 Å². The van der Waals surface area contributed by atoms with Gasteiger partial charge in [0.05, 0.1) is 12.2 Å². The van der Waals surface area contributed by atoms with E-state index < -0.39 is 24.1 Å². The highest BCUT2D eigenvalue weighted by molar-refractivity contribution is 5.91. The molecule has 1 N–H and O–H groups in total. The number of aromatic nitrogens is 2. The average Bonchev–Trinajstić information content (AvgIpc) is 2.94. The number of hydrogen-bond acceptors (Lipinski definition) is 3. The van der Waals surface area contributed by atoms with Crippen molar-refractivity contribution in [2.75, 3.05) is 11.9 Å². The Bertz CT molecular complexity index is 910. The lowest BCUT2D eigenvalue weighted by molar-refractivity contribution is -0.118. The smallest absolute Gasteiger partial charge is 0.263 e. The second-order valence-corrected chi connectivity index (χ2v) is 5.73. The first-order valence-corrected chi connectivity index (χ1v) is 7.97. The maximum atomic E-state index is 13.5. The second kappa shape index (κ2) is 7.77. The summed E-state index contributed by atoms with van der Waals surface area (Å²) in [7, 11) is 0. The fourth-order valence-electron chi connectivity index (χ4n) is 2.44. The van der Waals surface area contributed by atoms with Crippen LogP contribution in [0.3, 0.4) is 0 Å². The van der Waals surface area contributed by atoms with Gasteiger partial charge in [-0.15, -0.1) is 0 Å². The number of aryl methyl sites for hydroxylation is 1. The Kier molecular flexibility index (Phi) is 5.26. The number of nitrogens with zero attached hydrogens (tertiary/aromatic N) is 2. The third kappa shape index (κ3) is 4.44. The van der Waals surface area contributed by atoms with Crippen molar-refractivity contribution in [2.45, 2.75) is 13.5 Å². The van der Waals surface area contributed by atoms with Crippen LogP contribution in [0.2, 0.25) is 0 Å². The molecule has 0 atom stereocenters. The molecule has 0 radical (unpaired) electrons. The van der Waals surface area contributed by atoms with Crippen LogP contribution in [0.15, 0.2) is 54.6 Å². The average molecular weight is 357 g/mol. The molecule has 2 aromatic carbocycles. The maximum Gasteiger partial charge on any atom is 0.263 e. The van der Waals surface area contributed by atoms with E-state index in [0.717, 1.165) is 23.4 Å². The van der Waals surface area contributed by atoms with Crippen molar-refractivity contribution in [1.82, 2.24) is 9.78 Å². The lowest BCUT2D eigenvalue weighted by Crippen LogP contribution is -2.22. The number of carbonyl (C=O) groups is 1. The largest absolute Gasteiger partial charge is 0.481 e. The summed E-state index contributed by atoms with van der Waals surface area (Å²) in [6.45, 7) is 1.91. The van der Waals surface area contributed by atoms with Gasteiger partial charge in [-0.05, 0) is 24.6 Å². The minimum atomic E-state index is -0.859. The zero-order valence-electron chi connectivity index (χ0n) is 14.1. The molecule has 0 bridgehead atoms. The van der Waals surface area contributed by atoms with Gasteiger partial charge in [0.25, 0.3) is 5.91 Å². The van der Waals surface area contributed by atoms with Crippen molar-refractivity contribution in [3.05, 3.63) is 77.5 Å². The third-order valence-corrected chi connectivity index (χ3v) is 3.60. The lowest BCUT2D eigenvalue weighted by atomic mass is 10.2. The predicted molar refractivity (Wildman–Crippen MR) is 93.0 cm³/mol. The Morgan fingerprint density at radius 3 is 2.65 bits per heavy atom. The fraction of sp³-hybridized carbons (Fsp3) is 0.158. The molecule has 0 aliphatic rings. The number of hydrogen-bond donors (Lipinski definition) is 1. The number of anilines is 1. The molecule has 0 aliphatic heterocycles. The molecule has 0 saturated carbocycles. The molecule has 0 aliphatic carbocycles. The number of halogens is 2. The standard InChI is InChI=1S/C19H17F2N3O2/c1-13-9-18(24(23-13)11-14-5-3-2-4-6-14)22-19(25)12-26-17-8-7-15(20)10-16(17)21/h2-10H,11-12H2,1H3,(H,22,25). The van der Waals surface area contributed by atoms with Crippen molar-refractivity contribution < 1.29 is 18.3 Å². The topological polar surface area (TPSA) is 56.1 Å². The first-order valence-electron chi connectivity index (χ1n) is 7.97. The quantitative estimate of drug-likeness (QED) is 0.734. The lowest BCUT2D eigenvalue weighted by Gasteiger charge is -2.10. The highest BCUT2D eigenvalue weighted by atomic mass is 19.1. The molecule has 5 nitrogen and oxygen atoms in total. The van der Waals surface area contributed by atoms with E-state index in [1.807, 2.05) is 37.3 Å². The molecule has 1 amide bonds. The summed E-state index contributed by atoms with van der Waals surface area (Å²) in [6.07, 6.45) is 0. The zero-order valence-corrected chi connectivity index (χ0v) is 14.1. The van der Waals surface area contributed by atoms with Gasteiger partial charge in [0, 0.05) is 12.1 Å². The summed E-state index contributed by atoms with van der Waals surface area (Å²) in [5.41, 5.74) is 1.79. The number of amides is 1. The van der Waals surface area contributed by atoms with Gasteiger partial charge in [-0.3, -0.25) is 4.79 Å².